The van der Waals surface area contributed by atoms with E-state index in [0.717, 1.165) is 10.9 Å². The SMILES string of the molecule is FC(F)(F)Br.c1ccc2[nH]ncc2c1. The Hall–Kier alpha value is -1.04. The van der Waals surface area contributed by atoms with Crippen molar-refractivity contribution in [2.75, 3.05) is 0 Å². The highest BCUT2D eigenvalue weighted by Crippen LogP contribution is 2.21. The van der Waals surface area contributed by atoms with Crippen LogP contribution in [0, 0.1) is 0 Å². The minimum absolute atomic E-state index is 1.09. The van der Waals surface area contributed by atoms with Crippen molar-refractivity contribution in [1.29, 1.82) is 0 Å². The summed E-state index contributed by atoms with van der Waals surface area (Å²) in [4.78, 5) is 0. The van der Waals surface area contributed by atoms with Crippen molar-refractivity contribution in [3.05, 3.63) is 30.5 Å². The molecule has 2 nitrogen and oxygen atoms in total. The van der Waals surface area contributed by atoms with Crippen LogP contribution in [0.1, 0.15) is 0 Å². The number of aromatic amines is 1. The van der Waals surface area contributed by atoms with Crippen LogP contribution in [0.25, 0.3) is 10.9 Å². The lowest BCUT2D eigenvalue weighted by molar-refractivity contribution is -0.0245. The van der Waals surface area contributed by atoms with Gasteiger partial charge in [-0.25, -0.2) is 0 Å². The van der Waals surface area contributed by atoms with E-state index in [1.165, 1.54) is 15.9 Å². The number of fused-ring (bicyclic) bond motifs is 1. The van der Waals surface area contributed by atoms with Crippen LogP contribution >= 0.6 is 15.9 Å². The molecule has 2 rings (SSSR count). The maximum absolute atomic E-state index is 10.3. The van der Waals surface area contributed by atoms with Crippen molar-refractivity contribution >= 4 is 26.8 Å². The van der Waals surface area contributed by atoms with Gasteiger partial charge >= 0.3 is 5.09 Å². The molecule has 1 aromatic heterocycles. The Morgan fingerprint density at radius 3 is 2.36 bits per heavy atom. The Labute approximate surface area is 86.2 Å². The van der Waals surface area contributed by atoms with E-state index in [2.05, 4.69) is 10.2 Å². The number of alkyl halides is 4. The molecule has 1 N–H and O–H groups in total. The molecule has 0 bridgehead atoms. The average molecular weight is 267 g/mol. The molecule has 1 heterocycles. The molecule has 2 aromatic rings. The summed E-state index contributed by atoms with van der Waals surface area (Å²) >= 11 is 1.38. The van der Waals surface area contributed by atoms with Crippen molar-refractivity contribution in [3.8, 4) is 0 Å². The van der Waals surface area contributed by atoms with Gasteiger partial charge in [0, 0.05) is 21.3 Å². The third-order valence-corrected chi connectivity index (χ3v) is 1.35. The summed E-state index contributed by atoms with van der Waals surface area (Å²) in [6.45, 7) is 0. The molecule has 0 saturated heterocycles. The number of hydrogen-bond donors (Lipinski definition) is 1. The van der Waals surface area contributed by atoms with Gasteiger partial charge in [-0.1, -0.05) is 18.2 Å². The van der Waals surface area contributed by atoms with Crippen molar-refractivity contribution in [2.24, 2.45) is 0 Å². The molecule has 0 aliphatic rings. The summed E-state index contributed by atoms with van der Waals surface area (Å²) < 4.78 is 30.8. The van der Waals surface area contributed by atoms with Gasteiger partial charge in [-0.05, 0) is 6.07 Å². The lowest BCUT2D eigenvalue weighted by Gasteiger charge is -1.85. The number of benzene rings is 1. The van der Waals surface area contributed by atoms with E-state index < -0.39 is 5.09 Å². The molecule has 0 atom stereocenters. The monoisotopic (exact) mass is 266 g/mol. The number of rotatable bonds is 0. The predicted molar refractivity (Wildman–Crippen MR) is 51.1 cm³/mol. The van der Waals surface area contributed by atoms with Crippen LogP contribution in [-0.2, 0) is 0 Å². The summed E-state index contributed by atoms with van der Waals surface area (Å²) in [7, 11) is 0. The summed E-state index contributed by atoms with van der Waals surface area (Å²) in [5.41, 5.74) is 1.09. The number of para-hydroxylation sites is 1. The first kappa shape index (κ1) is 11.0. The van der Waals surface area contributed by atoms with Crippen LogP contribution < -0.4 is 0 Å². The van der Waals surface area contributed by atoms with Gasteiger partial charge < -0.3 is 0 Å². The molecule has 0 radical (unpaired) electrons. The van der Waals surface area contributed by atoms with Gasteiger partial charge in [-0.2, -0.15) is 18.3 Å². The molecule has 0 aliphatic carbocycles. The average Bonchev–Trinajstić information content (AvgIpc) is 2.47. The summed E-state index contributed by atoms with van der Waals surface area (Å²) in [6.07, 6.45) is 1.81. The van der Waals surface area contributed by atoms with E-state index >= 15 is 0 Å². The van der Waals surface area contributed by atoms with Gasteiger partial charge in [0.1, 0.15) is 0 Å². The fourth-order valence-corrected chi connectivity index (χ4v) is 0.883. The van der Waals surface area contributed by atoms with Crippen LogP contribution in [0.3, 0.4) is 0 Å². The van der Waals surface area contributed by atoms with E-state index in [0.29, 0.717) is 0 Å². The fraction of sp³-hybridized carbons (Fsp3) is 0.125. The number of nitrogens with one attached hydrogen (secondary N) is 1. The van der Waals surface area contributed by atoms with Crippen molar-refractivity contribution in [3.63, 3.8) is 0 Å². The Balaban J connectivity index is 0.000000171. The zero-order valence-electron chi connectivity index (χ0n) is 6.85. The maximum atomic E-state index is 10.3. The van der Waals surface area contributed by atoms with Gasteiger partial charge in [-0.3, -0.25) is 5.10 Å². The Morgan fingerprint density at radius 2 is 1.79 bits per heavy atom. The van der Waals surface area contributed by atoms with Crippen molar-refractivity contribution in [1.82, 2.24) is 10.2 Å². The molecule has 76 valence electrons. The van der Waals surface area contributed by atoms with E-state index in [9.17, 15) is 13.2 Å². The Kier molecular flexibility index (Phi) is 3.51. The molecule has 0 unspecified atom stereocenters. The second kappa shape index (κ2) is 4.45. The zero-order chi connectivity index (χ0) is 10.6. The number of halogens is 4. The molecule has 6 heteroatoms. The first-order chi connectivity index (χ1) is 6.47. The highest BCUT2D eigenvalue weighted by atomic mass is 79.9. The topological polar surface area (TPSA) is 28.7 Å². The lowest BCUT2D eigenvalue weighted by atomic mass is 10.3. The molecule has 0 saturated carbocycles. The van der Waals surface area contributed by atoms with E-state index in [-0.39, 0.29) is 0 Å². The van der Waals surface area contributed by atoms with Gasteiger partial charge in [0.25, 0.3) is 0 Å². The second-order valence-corrected chi connectivity index (χ2v) is 3.28. The second-order valence-electron chi connectivity index (χ2n) is 2.39. The molecule has 14 heavy (non-hydrogen) atoms. The van der Waals surface area contributed by atoms with Crippen LogP contribution in [0.5, 0.6) is 0 Å². The lowest BCUT2D eigenvalue weighted by Crippen LogP contribution is -1.88. The molecule has 0 fully saturated rings. The third-order valence-electron chi connectivity index (χ3n) is 1.35. The molecular weight excluding hydrogens is 261 g/mol. The number of hydrogen-bond acceptors (Lipinski definition) is 1. The summed E-state index contributed by atoms with van der Waals surface area (Å²) in [6, 6.07) is 8.01. The third kappa shape index (κ3) is 4.27. The van der Waals surface area contributed by atoms with E-state index in [1.807, 2.05) is 30.5 Å². The van der Waals surface area contributed by atoms with Crippen LogP contribution in [-0.4, -0.2) is 15.3 Å². The predicted octanol–water partition coefficient (Wildman–Crippen LogP) is 3.46. The normalized spacial score (nSPS) is 10.9. The fourth-order valence-electron chi connectivity index (χ4n) is 0.883. The number of H-pyrrole nitrogens is 1. The smallest absolute Gasteiger partial charge is 0.278 e. The van der Waals surface area contributed by atoms with Gasteiger partial charge in [0.15, 0.2) is 0 Å². The van der Waals surface area contributed by atoms with Gasteiger partial charge in [0.05, 0.1) is 11.7 Å². The maximum Gasteiger partial charge on any atom is 0.448 e. The molecule has 0 aliphatic heterocycles. The van der Waals surface area contributed by atoms with E-state index in [1.54, 1.807) is 0 Å². The quantitative estimate of drug-likeness (QED) is 0.727. The zero-order valence-corrected chi connectivity index (χ0v) is 8.43. The first-order valence-electron chi connectivity index (χ1n) is 3.60. The highest BCUT2D eigenvalue weighted by molar-refractivity contribution is 9.09. The molecule has 0 amide bonds. The summed E-state index contributed by atoms with van der Waals surface area (Å²) in [5.74, 6) is 0. The first-order valence-corrected chi connectivity index (χ1v) is 4.40. The highest BCUT2D eigenvalue weighted by Gasteiger charge is 2.19. The van der Waals surface area contributed by atoms with E-state index in [4.69, 9.17) is 0 Å². The Morgan fingerprint density at radius 1 is 1.21 bits per heavy atom. The summed E-state index contributed by atoms with van der Waals surface area (Å²) in [5, 5.41) is 3.72. The van der Waals surface area contributed by atoms with Crippen molar-refractivity contribution < 1.29 is 13.2 Å². The minimum Gasteiger partial charge on any atom is -0.278 e. The number of aromatic nitrogens is 2. The molecule has 1 aromatic carbocycles. The number of nitrogens with zero attached hydrogens (tertiary/aromatic N) is 1. The van der Waals surface area contributed by atoms with Crippen LogP contribution in [0.4, 0.5) is 13.2 Å². The molecule has 0 spiro atoms. The standard InChI is InChI=1S/C7H6N2.CBrF3/c1-2-4-7-6(3-1)5-8-9-7;2-1(3,4)5/h1-5H,(H,8,9);. The molecular formula is C8H6BrF3N2. The van der Waals surface area contributed by atoms with Gasteiger partial charge in [0.2, 0.25) is 0 Å². The minimum atomic E-state index is -4.19. The van der Waals surface area contributed by atoms with Gasteiger partial charge in [-0.15, -0.1) is 0 Å². The Bertz CT molecular complexity index is 360. The van der Waals surface area contributed by atoms with Crippen LogP contribution in [0.2, 0.25) is 0 Å². The largest absolute Gasteiger partial charge is 0.448 e. The van der Waals surface area contributed by atoms with Crippen molar-refractivity contribution in [2.45, 2.75) is 5.09 Å². The van der Waals surface area contributed by atoms with Crippen LogP contribution in [0.15, 0.2) is 30.5 Å².